The average Bonchev–Trinajstić information content (AvgIpc) is 1.98. The van der Waals surface area contributed by atoms with Crippen LogP contribution < -0.4 is 0 Å². The van der Waals surface area contributed by atoms with Gasteiger partial charge in [0.1, 0.15) is 0 Å². The molecule has 3 nitrogen and oxygen atoms in total. The lowest BCUT2D eigenvalue weighted by atomic mass is 10.2. The second-order valence-corrected chi connectivity index (χ2v) is 2.57. The van der Waals surface area contributed by atoms with Crippen molar-refractivity contribution >= 4 is 5.97 Å². The Kier molecular flexibility index (Phi) is 4.86. The van der Waals surface area contributed by atoms with Gasteiger partial charge in [-0.1, -0.05) is 6.92 Å². The van der Waals surface area contributed by atoms with Gasteiger partial charge in [-0.3, -0.25) is 4.79 Å². The number of nitrogens with zero attached hydrogens (tertiary/aromatic N) is 1. The summed E-state index contributed by atoms with van der Waals surface area (Å²) in [6.45, 7) is 8.23. The largest absolute Gasteiger partial charge is 0.368 e. The molecule has 0 fully saturated rings. The maximum atomic E-state index is 10.6. The Bertz CT molecular complexity index is 125. The molecule has 0 aliphatic carbocycles. The van der Waals surface area contributed by atoms with Gasteiger partial charge in [-0.15, -0.1) is 5.06 Å². The summed E-state index contributed by atoms with van der Waals surface area (Å²) in [5.41, 5.74) is 0. The van der Waals surface area contributed by atoms with Gasteiger partial charge in [0.05, 0.1) is 0 Å². The Balaban J connectivity index is 3.84. The fourth-order valence-electron chi connectivity index (χ4n) is 0.835. The van der Waals surface area contributed by atoms with Gasteiger partial charge >= 0.3 is 5.97 Å². The molecule has 0 radical (unpaired) electrons. The van der Waals surface area contributed by atoms with Crippen LogP contribution in [0.3, 0.4) is 0 Å². The molecule has 0 aromatic carbocycles. The van der Waals surface area contributed by atoms with Crippen molar-refractivity contribution in [2.24, 2.45) is 0 Å². The molecule has 0 aromatic heterocycles. The van der Waals surface area contributed by atoms with Crippen molar-refractivity contribution in [3.63, 3.8) is 0 Å². The van der Waals surface area contributed by atoms with E-state index in [4.69, 9.17) is 4.84 Å². The standard InChI is InChI=1S/C8H17NO2/c1-5-7(3)9(6-2)11-8(4)10/h7H,5-6H2,1-4H3. The minimum absolute atomic E-state index is 0.243. The van der Waals surface area contributed by atoms with Crippen molar-refractivity contribution in [3.8, 4) is 0 Å². The predicted octanol–water partition coefficient (Wildman–Crippen LogP) is 1.58. The summed E-state index contributed by atoms with van der Waals surface area (Å²) < 4.78 is 0. The fraction of sp³-hybridized carbons (Fsp3) is 0.875. The molecule has 0 bridgehead atoms. The first-order valence-electron chi connectivity index (χ1n) is 4.07. The fourth-order valence-corrected chi connectivity index (χ4v) is 0.835. The summed E-state index contributed by atoms with van der Waals surface area (Å²) in [6, 6.07) is 0.309. The van der Waals surface area contributed by atoms with Gasteiger partial charge in [0.2, 0.25) is 0 Å². The average molecular weight is 159 g/mol. The summed E-state index contributed by atoms with van der Waals surface area (Å²) in [5, 5.41) is 1.70. The second-order valence-electron chi connectivity index (χ2n) is 2.57. The van der Waals surface area contributed by atoms with E-state index in [1.807, 2.05) is 13.8 Å². The van der Waals surface area contributed by atoms with E-state index >= 15 is 0 Å². The van der Waals surface area contributed by atoms with E-state index < -0.39 is 0 Å². The zero-order valence-corrected chi connectivity index (χ0v) is 7.76. The molecular weight excluding hydrogens is 142 g/mol. The van der Waals surface area contributed by atoms with Crippen LogP contribution >= 0.6 is 0 Å². The lowest BCUT2D eigenvalue weighted by Crippen LogP contribution is -2.34. The number of hydroxylamine groups is 2. The van der Waals surface area contributed by atoms with Crippen LogP contribution in [0.2, 0.25) is 0 Å². The Morgan fingerprint density at radius 1 is 1.55 bits per heavy atom. The summed E-state index contributed by atoms with van der Waals surface area (Å²) in [5.74, 6) is -0.243. The smallest absolute Gasteiger partial charge is 0.322 e. The van der Waals surface area contributed by atoms with E-state index in [2.05, 4.69) is 6.92 Å². The number of hydrogen-bond donors (Lipinski definition) is 0. The van der Waals surface area contributed by atoms with Crippen molar-refractivity contribution in [1.29, 1.82) is 0 Å². The molecule has 0 N–H and O–H groups in total. The summed E-state index contributed by atoms with van der Waals surface area (Å²) >= 11 is 0. The molecule has 0 rings (SSSR count). The van der Waals surface area contributed by atoms with Gasteiger partial charge in [0, 0.05) is 19.5 Å². The molecular formula is C8H17NO2. The molecule has 0 aliphatic rings. The first kappa shape index (κ1) is 10.4. The first-order chi connectivity index (χ1) is 5.11. The van der Waals surface area contributed by atoms with Crippen molar-refractivity contribution in [3.05, 3.63) is 0 Å². The highest BCUT2D eigenvalue weighted by atomic mass is 16.7. The topological polar surface area (TPSA) is 29.5 Å². The normalized spacial score (nSPS) is 13.2. The van der Waals surface area contributed by atoms with Crippen molar-refractivity contribution in [1.82, 2.24) is 5.06 Å². The highest BCUT2D eigenvalue weighted by Crippen LogP contribution is 2.03. The predicted molar refractivity (Wildman–Crippen MR) is 43.9 cm³/mol. The molecule has 0 spiro atoms. The van der Waals surface area contributed by atoms with Crippen molar-refractivity contribution in [2.75, 3.05) is 6.54 Å². The van der Waals surface area contributed by atoms with Crippen LogP contribution in [0.15, 0.2) is 0 Å². The van der Waals surface area contributed by atoms with Crippen molar-refractivity contribution in [2.45, 2.75) is 40.2 Å². The number of rotatable bonds is 4. The summed E-state index contributed by atoms with van der Waals surface area (Å²) in [6.07, 6.45) is 0.987. The van der Waals surface area contributed by atoms with E-state index in [0.717, 1.165) is 13.0 Å². The van der Waals surface area contributed by atoms with Crippen LogP contribution in [0.1, 0.15) is 34.1 Å². The van der Waals surface area contributed by atoms with E-state index in [9.17, 15) is 4.79 Å². The molecule has 0 saturated heterocycles. The van der Waals surface area contributed by atoms with Crippen LogP contribution in [0.5, 0.6) is 0 Å². The van der Waals surface area contributed by atoms with Crippen LogP contribution in [-0.2, 0) is 9.63 Å². The van der Waals surface area contributed by atoms with Crippen LogP contribution in [0, 0.1) is 0 Å². The minimum Gasteiger partial charge on any atom is -0.368 e. The Hall–Kier alpha value is -0.570. The highest BCUT2D eigenvalue weighted by molar-refractivity contribution is 5.65. The molecule has 0 heterocycles. The summed E-state index contributed by atoms with van der Waals surface area (Å²) in [7, 11) is 0. The van der Waals surface area contributed by atoms with Gasteiger partial charge in [-0.05, 0) is 20.3 Å². The SMILES string of the molecule is CCC(C)N(CC)OC(C)=O. The Morgan fingerprint density at radius 3 is 2.36 bits per heavy atom. The molecule has 1 atom stereocenters. The van der Waals surface area contributed by atoms with Gasteiger partial charge in [-0.25, -0.2) is 0 Å². The Labute approximate surface area is 68.3 Å². The van der Waals surface area contributed by atoms with Crippen molar-refractivity contribution < 1.29 is 9.63 Å². The minimum atomic E-state index is -0.243. The van der Waals surface area contributed by atoms with Crippen LogP contribution in [0.25, 0.3) is 0 Å². The molecule has 3 heteroatoms. The maximum absolute atomic E-state index is 10.6. The zero-order valence-electron chi connectivity index (χ0n) is 7.76. The third kappa shape index (κ3) is 3.98. The van der Waals surface area contributed by atoms with Gasteiger partial charge < -0.3 is 4.84 Å². The third-order valence-electron chi connectivity index (χ3n) is 1.64. The Morgan fingerprint density at radius 2 is 2.09 bits per heavy atom. The third-order valence-corrected chi connectivity index (χ3v) is 1.64. The van der Waals surface area contributed by atoms with Gasteiger partial charge in [0.15, 0.2) is 0 Å². The molecule has 11 heavy (non-hydrogen) atoms. The number of carbonyl (C=O) groups excluding carboxylic acids is 1. The molecule has 0 aromatic rings. The van der Waals surface area contributed by atoms with E-state index in [1.54, 1.807) is 5.06 Å². The summed E-state index contributed by atoms with van der Waals surface area (Å²) in [4.78, 5) is 15.5. The zero-order chi connectivity index (χ0) is 8.85. The lowest BCUT2D eigenvalue weighted by Gasteiger charge is -2.24. The van der Waals surface area contributed by atoms with Gasteiger partial charge in [0.25, 0.3) is 0 Å². The van der Waals surface area contributed by atoms with E-state index in [1.165, 1.54) is 6.92 Å². The number of hydrogen-bond acceptors (Lipinski definition) is 3. The molecule has 0 aliphatic heterocycles. The van der Waals surface area contributed by atoms with Crippen LogP contribution in [0.4, 0.5) is 0 Å². The lowest BCUT2D eigenvalue weighted by molar-refractivity contribution is -0.197. The molecule has 0 amide bonds. The molecule has 1 unspecified atom stereocenters. The van der Waals surface area contributed by atoms with E-state index in [0.29, 0.717) is 6.04 Å². The van der Waals surface area contributed by atoms with Crippen LogP contribution in [-0.4, -0.2) is 23.6 Å². The second kappa shape index (κ2) is 5.13. The van der Waals surface area contributed by atoms with Gasteiger partial charge in [-0.2, -0.15) is 0 Å². The highest BCUT2D eigenvalue weighted by Gasteiger charge is 2.12. The maximum Gasteiger partial charge on any atom is 0.322 e. The molecule has 66 valence electrons. The number of carbonyl (C=O) groups is 1. The molecule has 0 saturated carbocycles. The first-order valence-corrected chi connectivity index (χ1v) is 4.07. The monoisotopic (exact) mass is 159 g/mol. The van der Waals surface area contributed by atoms with E-state index in [-0.39, 0.29) is 5.97 Å². The quantitative estimate of drug-likeness (QED) is 0.583.